The lowest BCUT2D eigenvalue weighted by atomic mass is 10.0. The molecule has 0 saturated carbocycles. The first-order valence-corrected chi connectivity index (χ1v) is 12.2. The smallest absolute Gasteiger partial charge is 0.352 e. The Morgan fingerprint density at radius 2 is 2.11 bits per heavy atom. The molecule has 2 aliphatic heterocycles. The summed E-state index contributed by atoms with van der Waals surface area (Å²) in [5, 5.41) is 47.4. The number of carbonyl (C=O) groups is 3. The zero-order valence-electron chi connectivity index (χ0n) is 17.7. The fourth-order valence-electron chi connectivity index (χ4n) is 3.74. The average Bonchev–Trinajstić information content (AvgIpc) is 3.32. The third kappa shape index (κ3) is 4.28. The highest BCUT2D eigenvalue weighted by molar-refractivity contribution is 8.01. The van der Waals surface area contributed by atoms with Crippen LogP contribution in [0.15, 0.2) is 52.7 Å². The van der Waals surface area contributed by atoms with Crippen LogP contribution in [0, 0.1) is 0 Å². The number of carboxylic acids is 1. The number of aliphatic hydroxyl groups excluding tert-OH is 1. The molecular weight excluding hydrogens is 498 g/mol. The van der Waals surface area contributed by atoms with Crippen molar-refractivity contribution >= 4 is 47.0 Å². The van der Waals surface area contributed by atoms with E-state index in [1.807, 2.05) is 0 Å². The predicted molar refractivity (Wildman–Crippen MR) is 122 cm³/mol. The third-order valence-electron chi connectivity index (χ3n) is 5.42. The molecule has 35 heavy (non-hydrogen) atoms. The van der Waals surface area contributed by atoms with Crippen LogP contribution in [0.5, 0.6) is 5.75 Å². The van der Waals surface area contributed by atoms with E-state index < -0.39 is 35.3 Å². The van der Waals surface area contributed by atoms with Crippen LogP contribution in [-0.4, -0.2) is 86.2 Å². The van der Waals surface area contributed by atoms with Crippen molar-refractivity contribution in [1.82, 2.24) is 35.5 Å². The monoisotopic (exact) mass is 515 g/mol. The quantitative estimate of drug-likeness (QED) is 0.240. The molecule has 1 saturated heterocycles. The molecule has 3 aromatic rings. The zero-order valence-corrected chi connectivity index (χ0v) is 19.3. The highest BCUT2D eigenvalue weighted by atomic mass is 32.2. The largest absolute Gasteiger partial charge is 0.508 e. The van der Waals surface area contributed by atoms with Gasteiger partial charge in [-0.1, -0.05) is 12.1 Å². The maximum Gasteiger partial charge on any atom is 0.352 e. The maximum absolute atomic E-state index is 12.8. The predicted octanol–water partition coefficient (Wildman–Crippen LogP) is -0.211. The van der Waals surface area contributed by atoms with Crippen LogP contribution in [0.4, 0.5) is 0 Å². The van der Waals surface area contributed by atoms with E-state index in [0.29, 0.717) is 22.0 Å². The molecule has 2 aromatic heterocycles. The Hall–Kier alpha value is -3.69. The number of hydrogen-bond acceptors (Lipinski definition) is 11. The second-order valence-corrected chi connectivity index (χ2v) is 9.74. The number of aromatic hydroxyl groups is 1. The molecule has 0 radical (unpaired) electrons. The molecule has 1 unspecified atom stereocenters. The number of fused-ring (bicyclic) bond motifs is 2. The molecule has 4 heterocycles. The van der Waals surface area contributed by atoms with Crippen molar-refractivity contribution in [2.75, 3.05) is 11.5 Å². The van der Waals surface area contributed by atoms with E-state index in [9.17, 15) is 29.7 Å². The van der Waals surface area contributed by atoms with Crippen LogP contribution in [0.3, 0.4) is 0 Å². The zero-order chi connectivity index (χ0) is 24.7. The SMILES string of the molecule is O=C(O)C1=C(CSc2ccc3nnnn3n2)CS[C@@H]2C(NC(=O)[C@H](O)c3cccc(O)c3)C(=O)N12. The fraction of sp³-hybridized carbons (Fsp3) is 0.250. The Labute approximate surface area is 205 Å². The van der Waals surface area contributed by atoms with Gasteiger partial charge in [-0.25, -0.2) is 4.79 Å². The lowest BCUT2D eigenvalue weighted by Gasteiger charge is -2.49. The van der Waals surface area contributed by atoms with Crippen LogP contribution >= 0.6 is 23.5 Å². The number of thioether (sulfide) groups is 2. The first-order valence-electron chi connectivity index (χ1n) is 10.2. The highest BCUT2D eigenvalue weighted by Crippen LogP contribution is 2.41. The van der Waals surface area contributed by atoms with Gasteiger partial charge in [0.15, 0.2) is 11.8 Å². The van der Waals surface area contributed by atoms with Crippen molar-refractivity contribution in [2.45, 2.75) is 22.5 Å². The number of aliphatic hydroxyl groups is 1. The van der Waals surface area contributed by atoms with Crippen molar-refractivity contribution in [2.24, 2.45) is 0 Å². The Morgan fingerprint density at radius 3 is 2.89 bits per heavy atom. The molecule has 15 heteroatoms. The Kier molecular flexibility index (Phi) is 6.04. The van der Waals surface area contributed by atoms with Crippen LogP contribution in [0.2, 0.25) is 0 Å². The lowest BCUT2D eigenvalue weighted by molar-refractivity contribution is -0.151. The van der Waals surface area contributed by atoms with Crippen LogP contribution in [-0.2, 0) is 14.4 Å². The number of carbonyl (C=O) groups excluding carboxylic acids is 2. The summed E-state index contributed by atoms with van der Waals surface area (Å²) in [4.78, 5) is 38.5. The van der Waals surface area contributed by atoms with E-state index >= 15 is 0 Å². The van der Waals surface area contributed by atoms with Crippen molar-refractivity contribution in [1.29, 1.82) is 0 Å². The maximum atomic E-state index is 12.8. The number of amides is 2. The number of rotatable bonds is 7. The summed E-state index contributed by atoms with van der Waals surface area (Å²) in [6.07, 6.45) is -1.59. The van der Waals surface area contributed by atoms with Crippen molar-refractivity contribution < 1.29 is 29.7 Å². The van der Waals surface area contributed by atoms with Gasteiger partial charge in [-0.3, -0.25) is 14.5 Å². The molecule has 5 rings (SSSR count). The minimum atomic E-state index is -1.59. The van der Waals surface area contributed by atoms with E-state index in [4.69, 9.17) is 0 Å². The van der Waals surface area contributed by atoms with Crippen molar-refractivity contribution in [3.05, 3.63) is 53.2 Å². The van der Waals surface area contributed by atoms with Gasteiger partial charge in [-0.15, -0.1) is 38.4 Å². The van der Waals surface area contributed by atoms with E-state index in [1.54, 1.807) is 12.1 Å². The Bertz CT molecular complexity index is 1380. The van der Waals surface area contributed by atoms with Gasteiger partial charge in [0.2, 0.25) is 0 Å². The molecular formula is C20H17N7O6S2. The highest BCUT2D eigenvalue weighted by Gasteiger charge is 2.54. The number of nitrogens with zero attached hydrogens (tertiary/aromatic N) is 6. The molecule has 180 valence electrons. The van der Waals surface area contributed by atoms with Gasteiger partial charge in [0.25, 0.3) is 11.8 Å². The Balaban J connectivity index is 1.28. The normalized spacial score (nSPS) is 20.4. The van der Waals surface area contributed by atoms with Crippen LogP contribution in [0.25, 0.3) is 5.65 Å². The number of tetrazole rings is 1. The lowest BCUT2D eigenvalue weighted by Crippen LogP contribution is -2.70. The number of β-lactam (4-membered cyclic amide) rings is 1. The molecule has 13 nitrogen and oxygen atoms in total. The summed E-state index contributed by atoms with van der Waals surface area (Å²) in [5.74, 6) is -2.14. The molecule has 0 bridgehead atoms. The summed E-state index contributed by atoms with van der Waals surface area (Å²) in [7, 11) is 0. The van der Waals surface area contributed by atoms with E-state index in [2.05, 4.69) is 25.9 Å². The number of aromatic nitrogens is 5. The number of phenolic OH excluding ortho intramolecular Hbond substituents is 1. The number of benzene rings is 1. The van der Waals surface area contributed by atoms with E-state index in [-0.39, 0.29) is 22.8 Å². The van der Waals surface area contributed by atoms with Gasteiger partial charge in [0.05, 0.1) is 0 Å². The number of carboxylic acid groups (broad SMARTS) is 1. The molecule has 3 atom stereocenters. The summed E-state index contributed by atoms with van der Waals surface area (Å²) in [6, 6.07) is 8.01. The van der Waals surface area contributed by atoms with E-state index in [1.165, 1.54) is 52.4 Å². The number of aliphatic carboxylic acids is 1. The molecule has 4 N–H and O–H groups in total. The number of hydrogen-bond donors (Lipinski definition) is 4. The second kappa shape index (κ2) is 9.16. The summed E-state index contributed by atoms with van der Waals surface area (Å²) < 4.78 is 1.26. The number of nitrogens with one attached hydrogen (secondary N) is 1. The first-order chi connectivity index (χ1) is 16.8. The Morgan fingerprint density at radius 1 is 1.29 bits per heavy atom. The minimum Gasteiger partial charge on any atom is -0.508 e. The first kappa shape index (κ1) is 23.1. The van der Waals surface area contributed by atoms with Crippen LogP contribution < -0.4 is 5.32 Å². The van der Waals surface area contributed by atoms with Gasteiger partial charge < -0.3 is 20.6 Å². The van der Waals surface area contributed by atoms with Gasteiger partial charge >= 0.3 is 5.97 Å². The summed E-state index contributed by atoms with van der Waals surface area (Å²) in [5.41, 5.74) is 1.07. The van der Waals surface area contributed by atoms with Crippen molar-refractivity contribution in [3.8, 4) is 5.75 Å². The topological polar surface area (TPSA) is 183 Å². The molecule has 2 aliphatic rings. The molecule has 1 aromatic carbocycles. The standard InChI is InChI=1S/C20H17N7O6S2/c28-11-3-1-2-9(6-11)16(29)17(30)21-14-18(31)26-15(20(32)33)10(8-35-19(14)26)7-34-13-5-4-12-22-24-25-27(12)23-13/h1-6,14,16,19,28-29H,7-8H2,(H,21,30)(H,32,33)/t14?,16-,19-/m1/s1. The summed E-state index contributed by atoms with van der Waals surface area (Å²) >= 11 is 2.61. The minimum absolute atomic E-state index is 0.113. The molecule has 0 aliphatic carbocycles. The van der Waals surface area contributed by atoms with Gasteiger partial charge in [-0.2, -0.15) is 0 Å². The van der Waals surface area contributed by atoms with E-state index in [0.717, 1.165) is 4.90 Å². The van der Waals surface area contributed by atoms with Gasteiger partial charge in [0.1, 0.15) is 27.9 Å². The molecule has 2 amide bonds. The average molecular weight is 516 g/mol. The molecule has 0 spiro atoms. The van der Waals surface area contributed by atoms with Gasteiger partial charge in [-0.05, 0) is 45.8 Å². The molecule has 1 fully saturated rings. The van der Waals surface area contributed by atoms with Gasteiger partial charge in [0, 0.05) is 11.5 Å². The number of phenols is 1. The fourth-order valence-corrected chi connectivity index (χ4v) is 6.08. The van der Waals surface area contributed by atoms with Crippen molar-refractivity contribution in [3.63, 3.8) is 0 Å². The second-order valence-electron chi connectivity index (χ2n) is 7.64. The van der Waals surface area contributed by atoms with Crippen LogP contribution in [0.1, 0.15) is 11.7 Å². The third-order valence-corrected chi connectivity index (χ3v) is 7.77. The summed E-state index contributed by atoms with van der Waals surface area (Å²) in [6.45, 7) is 0.